The molecule has 6 heteroatoms. The predicted molar refractivity (Wildman–Crippen MR) is 86.8 cm³/mol. The lowest BCUT2D eigenvalue weighted by Crippen LogP contribution is -2.29. The van der Waals surface area contributed by atoms with Crippen LogP contribution in [0.5, 0.6) is 0 Å². The second-order valence-electron chi connectivity index (χ2n) is 4.76. The number of hydrogen-bond acceptors (Lipinski definition) is 4. The SMILES string of the molecule is CN1C(=O)/C(=C\c2ccccc2[N+](=O)[O-])Sc2ccccc21. The van der Waals surface area contributed by atoms with Crippen LogP contribution in [0.4, 0.5) is 11.4 Å². The average molecular weight is 312 g/mol. The van der Waals surface area contributed by atoms with Gasteiger partial charge in [0.15, 0.2) is 0 Å². The van der Waals surface area contributed by atoms with Crippen LogP contribution >= 0.6 is 11.8 Å². The summed E-state index contributed by atoms with van der Waals surface area (Å²) in [6.45, 7) is 0. The number of anilines is 1. The number of fused-ring (bicyclic) bond motifs is 1. The lowest BCUT2D eigenvalue weighted by Gasteiger charge is -2.26. The van der Waals surface area contributed by atoms with E-state index in [0.29, 0.717) is 10.5 Å². The molecule has 0 saturated carbocycles. The van der Waals surface area contributed by atoms with E-state index in [-0.39, 0.29) is 11.6 Å². The van der Waals surface area contributed by atoms with Crippen molar-refractivity contribution in [2.75, 3.05) is 11.9 Å². The highest BCUT2D eigenvalue weighted by Crippen LogP contribution is 2.41. The normalized spacial score (nSPS) is 15.8. The number of rotatable bonds is 2. The van der Waals surface area contributed by atoms with E-state index in [1.54, 1.807) is 36.2 Å². The maximum atomic E-state index is 12.4. The zero-order chi connectivity index (χ0) is 15.7. The van der Waals surface area contributed by atoms with Gasteiger partial charge in [0.1, 0.15) is 0 Å². The Hall–Kier alpha value is -2.60. The van der Waals surface area contributed by atoms with Crippen LogP contribution in [0.1, 0.15) is 5.56 Å². The van der Waals surface area contributed by atoms with Crippen LogP contribution in [-0.4, -0.2) is 17.9 Å². The Morgan fingerprint density at radius 2 is 1.82 bits per heavy atom. The summed E-state index contributed by atoms with van der Waals surface area (Å²) >= 11 is 1.33. The molecule has 0 spiro atoms. The summed E-state index contributed by atoms with van der Waals surface area (Å²) in [7, 11) is 1.70. The van der Waals surface area contributed by atoms with Gasteiger partial charge in [-0.25, -0.2) is 0 Å². The van der Waals surface area contributed by atoms with Crippen LogP contribution < -0.4 is 4.90 Å². The molecule has 1 heterocycles. The summed E-state index contributed by atoms with van der Waals surface area (Å²) in [6.07, 6.45) is 1.58. The Morgan fingerprint density at radius 3 is 2.59 bits per heavy atom. The fourth-order valence-corrected chi connectivity index (χ4v) is 3.37. The first-order chi connectivity index (χ1) is 10.6. The van der Waals surface area contributed by atoms with Gasteiger partial charge in [-0.3, -0.25) is 14.9 Å². The Bertz CT molecular complexity index is 801. The van der Waals surface area contributed by atoms with Crippen LogP contribution in [0.3, 0.4) is 0 Å². The average Bonchev–Trinajstić information content (AvgIpc) is 2.52. The summed E-state index contributed by atoms with van der Waals surface area (Å²) < 4.78 is 0. The van der Waals surface area contributed by atoms with E-state index in [1.807, 2.05) is 24.3 Å². The summed E-state index contributed by atoms with van der Waals surface area (Å²) in [4.78, 5) is 26.1. The molecule has 5 nitrogen and oxygen atoms in total. The molecule has 0 saturated heterocycles. The standard InChI is InChI=1S/C16H12N2O3S/c1-17-13-8-4-5-9-14(13)22-15(16(17)19)10-11-6-2-3-7-12(11)18(20)21/h2-10H,1H3/b15-10+. The molecule has 1 amide bonds. The summed E-state index contributed by atoms with van der Waals surface area (Å²) in [6, 6.07) is 14.0. The second kappa shape index (κ2) is 5.65. The smallest absolute Gasteiger partial charge is 0.276 e. The molecule has 22 heavy (non-hydrogen) atoms. The third kappa shape index (κ3) is 2.48. The number of thioether (sulfide) groups is 1. The number of carbonyl (C=O) groups is 1. The van der Waals surface area contributed by atoms with Crippen LogP contribution in [-0.2, 0) is 4.79 Å². The number of benzene rings is 2. The molecule has 0 radical (unpaired) electrons. The zero-order valence-electron chi connectivity index (χ0n) is 11.7. The number of para-hydroxylation sites is 2. The molecule has 0 fully saturated rings. The van der Waals surface area contributed by atoms with Crippen LogP contribution in [0.25, 0.3) is 6.08 Å². The lowest BCUT2D eigenvalue weighted by atomic mass is 10.1. The molecule has 1 aliphatic heterocycles. The number of nitro benzene ring substituents is 1. The van der Waals surface area contributed by atoms with Crippen molar-refractivity contribution in [3.05, 3.63) is 69.1 Å². The van der Waals surface area contributed by atoms with E-state index < -0.39 is 4.92 Å². The van der Waals surface area contributed by atoms with Gasteiger partial charge in [-0.15, -0.1) is 0 Å². The predicted octanol–water partition coefficient (Wildman–Crippen LogP) is 3.70. The van der Waals surface area contributed by atoms with Crippen molar-refractivity contribution in [2.45, 2.75) is 4.90 Å². The van der Waals surface area contributed by atoms with Crippen molar-refractivity contribution < 1.29 is 9.72 Å². The molecule has 2 aromatic carbocycles. The van der Waals surface area contributed by atoms with Gasteiger partial charge >= 0.3 is 0 Å². The van der Waals surface area contributed by atoms with Crippen LogP contribution in [0, 0.1) is 10.1 Å². The highest BCUT2D eigenvalue weighted by Gasteiger charge is 2.26. The van der Waals surface area contributed by atoms with E-state index in [0.717, 1.165) is 10.6 Å². The van der Waals surface area contributed by atoms with Crippen molar-refractivity contribution >= 4 is 35.1 Å². The molecule has 0 unspecified atom stereocenters. The van der Waals surface area contributed by atoms with E-state index in [4.69, 9.17) is 0 Å². The molecule has 0 N–H and O–H groups in total. The maximum Gasteiger partial charge on any atom is 0.276 e. The topological polar surface area (TPSA) is 63.5 Å². The van der Waals surface area contributed by atoms with Crippen molar-refractivity contribution in [1.82, 2.24) is 0 Å². The lowest BCUT2D eigenvalue weighted by molar-refractivity contribution is -0.385. The fraction of sp³-hybridized carbons (Fsp3) is 0.0625. The van der Waals surface area contributed by atoms with E-state index >= 15 is 0 Å². The Balaban J connectivity index is 2.07. The number of nitro groups is 1. The first-order valence-corrected chi connectivity index (χ1v) is 7.39. The Kier molecular flexibility index (Phi) is 3.68. The maximum absolute atomic E-state index is 12.4. The summed E-state index contributed by atoms with van der Waals surface area (Å²) in [5, 5.41) is 11.1. The highest BCUT2D eigenvalue weighted by atomic mass is 32.2. The Morgan fingerprint density at radius 1 is 1.14 bits per heavy atom. The van der Waals surface area contributed by atoms with E-state index in [1.165, 1.54) is 17.8 Å². The van der Waals surface area contributed by atoms with Crippen molar-refractivity contribution in [3.63, 3.8) is 0 Å². The molecule has 3 rings (SSSR count). The van der Waals surface area contributed by atoms with Gasteiger partial charge in [0.2, 0.25) is 0 Å². The van der Waals surface area contributed by atoms with Crippen molar-refractivity contribution in [1.29, 1.82) is 0 Å². The van der Waals surface area contributed by atoms with Gasteiger partial charge in [-0.2, -0.15) is 0 Å². The highest BCUT2D eigenvalue weighted by molar-refractivity contribution is 8.04. The molecular weight excluding hydrogens is 300 g/mol. The minimum Gasteiger partial charge on any atom is -0.310 e. The van der Waals surface area contributed by atoms with Crippen molar-refractivity contribution in [2.24, 2.45) is 0 Å². The van der Waals surface area contributed by atoms with Crippen LogP contribution in [0.2, 0.25) is 0 Å². The monoisotopic (exact) mass is 312 g/mol. The molecule has 0 aliphatic carbocycles. The molecule has 0 atom stereocenters. The number of carbonyl (C=O) groups excluding carboxylic acids is 1. The largest absolute Gasteiger partial charge is 0.310 e. The number of hydrogen-bond donors (Lipinski definition) is 0. The van der Waals surface area contributed by atoms with E-state index in [2.05, 4.69) is 0 Å². The minimum absolute atomic E-state index is 0.00934. The van der Waals surface area contributed by atoms with Crippen molar-refractivity contribution in [3.8, 4) is 0 Å². The fourth-order valence-electron chi connectivity index (χ4n) is 2.27. The molecular formula is C16H12N2O3S. The minimum atomic E-state index is -0.442. The molecule has 1 aliphatic rings. The number of nitrogens with zero attached hydrogens (tertiary/aromatic N) is 2. The first-order valence-electron chi connectivity index (χ1n) is 6.58. The van der Waals surface area contributed by atoms with Gasteiger partial charge in [0, 0.05) is 18.0 Å². The third-order valence-corrected chi connectivity index (χ3v) is 4.46. The van der Waals surface area contributed by atoms with Gasteiger partial charge in [-0.1, -0.05) is 36.0 Å². The molecule has 0 aromatic heterocycles. The zero-order valence-corrected chi connectivity index (χ0v) is 12.5. The molecule has 0 bridgehead atoms. The summed E-state index contributed by atoms with van der Waals surface area (Å²) in [5.41, 5.74) is 1.26. The molecule has 2 aromatic rings. The van der Waals surface area contributed by atoms with E-state index in [9.17, 15) is 14.9 Å². The summed E-state index contributed by atoms with van der Waals surface area (Å²) in [5.74, 6) is -0.165. The van der Waals surface area contributed by atoms with Crippen LogP contribution in [0.15, 0.2) is 58.3 Å². The third-order valence-electron chi connectivity index (χ3n) is 3.38. The number of amides is 1. The Labute approximate surface area is 131 Å². The molecule has 110 valence electrons. The van der Waals surface area contributed by atoms with Gasteiger partial charge < -0.3 is 4.90 Å². The first kappa shape index (κ1) is 14.3. The quantitative estimate of drug-likeness (QED) is 0.482. The number of likely N-dealkylation sites (N-methyl/N-ethyl adjacent to an activating group) is 1. The van der Waals surface area contributed by atoms with Gasteiger partial charge in [0.25, 0.3) is 11.6 Å². The van der Waals surface area contributed by atoms with Gasteiger partial charge in [-0.05, 0) is 24.3 Å². The second-order valence-corrected chi connectivity index (χ2v) is 5.84. The van der Waals surface area contributed by atoms with Gasteiger partial charge in [0.05, 0.1) is 21.1 Å².